The number of furan rings is 1. The zero-order valence-corrected chi connectivity index (χ0v) is 12.9. The van der Waals surface area contributed by atoms with Gasteiger partial charge in [0, 0.05) is 17.3 Å². The molecule has 2 amide bonds. The molecule has 3 N–H and O–H groups in total. The number of nitrogens with one attached hydrogen (secondary N) is 2. The topological polar surface area (TPSA) is 74.5 Å². The van der Waals surface area contributed by atoms with E-state index in [2.05, 4.69) is 23.6 Å². The van der Waals surface area contributed by atoms with Crippen molar-refractivity contribution in [3.05, 3.63) is 46.5 Å². The predicted molar refractivity (Wildman–Crippen MR) is 82.4 cm³/mol. The smallest absolute Gasteiger partial charge is 0.314 e. The van der Waals surface area contributed by atoms with Crippen molar-refractivity contribution in [1.29, 1.82) is 0 Å². The van der Waals surface area contributed by atoms with E-state index in [0.717, 1.165) is 0 Å². The molecule has 6 heteroatoms. The average Bonchev–Trinajstić information content (AvgIpc) is 3.14. The molecule has 0 unspecified atom stereocenters. The van der Waals surface area contributed by atoms with E-state index in [1.165, 1.54) is 11.1 Å². The summed E-state index contributed by atoms with van der Waals surface area (Å²) in [6.07, 6.45) is 1.49. The van der Waals surface area contributed by atoms with E-state index in [-0.39, 0.29) is 18.5 Å². The normalized spacial score (nSPS) is 15.2. The first-order chi connectivity index (χ1) is 9.99. The first-order valence-electron chi connectivity index (χ1n) is 6.80. The summed E-state index contributed by atoms with van der Waals surface area (Å²) in [5.74, 6) is 0.691. The van der Waals surface area contributed by atoms with Gasteiger partial charge < -0.3 is 20.2 Å². The van der Waals surface area contributed by atoms with Crippen LogP contribution in [-0.2, 0) is 5.60 Å². The Morgan fingerprint density at radius 1 is 1.43 bits per heavy atom. The molecule has 0 bridgehead atoms. The standard InChI is InChI=1S/C15H20N2O3S/c1-11(12-5-4-8-21-12)9-16-14(18)17-10-15(2,19)13-6-3-7-20-13/h3-8,11,19H,9-10H2,1-2H3,(H2,16,17,18)/t11-,15+/m0/s1. The number of aliphatic hydroxyl groups is 1. The Bertz CT molecular complexity index is 550. The van der Waals surface area contributed by atoms with Crippen molar-refractivity contribution in [3.63, 3.8) is 0 Å². The molecule has 0 saturated carbocycles. The van der Waals surface area contributed by atoms with E-state index in [1.807, 2.05) is 11.4 Å². The van der Waals surface area contributed by atoms with Crippen molar-refractivity contribution in [2.24, 2.45) is 0 Å². The van der Waals surface area contributed by atoms with E-state index in [0.29, 0.717) is 12.3 Å². The first kappa shape index (κ1) is 15.6. The second kappa shape index (κ2) is 6.78. The fourth-order valence-corrected chi connectivity index (χ4v) is 2.69. The molecular formula is C15H20N2O3S. The maximum Gasteiger partial charge on any atom is 0.314 e. The van der Waals surface area contributed by atoms with Crippen molar-refractivity contribution < 1.29 is 14.3 Å². The Kier molecular flexibility index (Phi) is 5.03. The van der Waals surface area contributed by atoms with Crippen LogP contribution in [0.2, 0.25) is 0 Å². The average molecular weight is 308 g/mol. The molecule has 2 aromatic rings. The molecule has 0 radical (unpaired) electrons. The van der Waals surface area contributed by atoms with Crippen molar-refractivity contribution in [3.8, 4) is 0 Å². The minimum atomic E-state index is -1.22. The highest BCUT2D eigenvalue weighted by Crippen LogP contribution is 2.20. The van der Waals surface area contributed by atoms with E-state index in [1.54, 1.807) is 30.4 Å². The lowest BCUT2D eigenvalue weighted by atomic mass is 10.0. The van der Waals surface area contributed by atoms with Gasteiger partial charge in [0.1, 0.15) is 11.4 Å². The lowest BCUT2D eigenvalue weighted by Gasteiger charge is -2.21. The first-order valence-corrected chi connectivity index (χ1v) is 7.68. The van der Waals surface area contributed by atoms with Crippen molar-refractivity contribution in [2.45, 2.75) is 25.4 Å². The van der Waals surface area contributed by atoms with Crippen LogP contribution in [0.3, 0.4) is 0 Å². The van der Waals surface area contributed by atoms with Gasteiger partial charge in [-0.15, -0.1) is 11.3 Å². The Morgan fingerprint density at radius 2 is 2.24 bits per heavy atom. The van der Waals surface area contributed by atoms with Gasteiger partial charge >= 0.3 is 6.03 Å². The van der Waals surface area contributed by atoms with Crippen LogP contribution in [-0.4, -0.2) is 24.2 Å². The summed E-state index contributed by atoms with van der Waals surface area (Å²) in [5, 5.41) is 17.7. The van der Waals surface area contributed by atoms with Gasteiger partial charge in [-0.2, -0.15) is 0 Å². The van der Waals surface area contributed by atoms with Crippen LogP contribution in [0.5, 0.6) is 0 Å². The Morgan fingerprint density at radius 3 is 2.86 bits per heavy atom. The van der Waals surface area contributed by atoms with Crippen molar-refractivity contribution >= 4 is 17.4 Å². The van der Waals surface area contributed by atoms with Gasteiger partial charge in [0.05, 0.1) is 12.8 Å². The number of carbonyl (C=O) groups excluding carboxylic acids is 1. The number of rotatable bonds is 6. The summed E-state index contributed by atoms with van der Waals surface area (Å²) >= 11 is 1.67. The summed E-state index contributed by atoms with van der Waals surface area (Å²) < 4.78 is 5.16. The molecule has 0 aliphatic rings. The fourth-order valence-electron chi connectivity index (χ4n) is 1.91. The number of thiophene rings is 1. The molecule has 21 heavy (non-hydrogen) atoms. The van der Waals surface area contributed by atoms with Crippen LogP contribution in [0, 0.1) is 0 Å². The maximum absolute atomic E-state index is 11.8. The molecule has 5 nitrogen and oxygen atoms in total. The third kappa shape index (κ3) is 4.34. The van der Waals surface area contributed by atoms with Crippen LogP contribution in [0.25, 0.3) is 0 Å². The molecular weight excluding hydrogens is 288 g/mol. The quantitative estimate of drug-likeness (QED) is 0.768. The number of hydrogen-bond donors (Lipinski definition) is 3. The van der Waals surface area contributed by atoms with E-state index < -0.39 is 5.60 Å². The minimum Gasteiger partial charge on any atom is -0.466 e. The van der Waals surface area contributed by atoms with Gasteiger partial charge in [-0.3, -0.25) is 0 Å². The minimum absolute atomic E-state index is 0.0831. The van der Waals surface area contributed by atoms with Crippen LogP contribution in [0.15, 0.2) is 40.3 Å². The molecule has 0 fully saturated rings. The molecule has 0 aliphatic carbocycles. The third-order valence-corrected chi connectivity index (χ3v) is 4.35. The summed E-state index contributed by atoms with van der Waals surface area (Å²) in [4.78, 5) is 13.0. The summed E-state index contributed by atoms with van der Waals surface area (Å²) in [6, 6.07) is 7.13. The summed E-state index contributed by atoms with van der Waals surface area (Å²) in [7, 11) is 0. The van der Waals surface area contributed by atoms with Crippen LogP contribution >= 0.6 is 11.3 Å². The number of hydrogen-bond acceptors (Lipinski definition) is 4. The third-order valence-electron chi connectivity index (χ3n) is 3.24. The largest absolute Gasteiger partial charge is 0.466 e. The van der Waals surface area contributed by atoms with E-state index in [4.69, 9.17) is 4.42 Å². The maximum atomic E-state index is 11.8. The molecule has 2 rings (SSSR count). The zero-order valence-electron chi connectivity index (χ0n) is 12.1. The van der Waals surface area contributed by atoms with Crippen LogP contribution in [0.4, 0.5) is 4.79 Å². The predicted octanol–water partition coefficient (Wildman–Crippen LogP) is 2.65. The summed E-state index contributed by atoms with van der Waals surface area (Å²) in [5.41, 5.74) is -1.22. The highest BCUT2D eigenvalue weighted by Gasteiger charge is 2.26. The second-order valence-corrected chi connectivity index (χ2v) is 6.21. The molecule has 0 spiro atoms. The number of amides is 2. The molecule has 2 aromatic heterocycles. The lowest BCUT2D eigenvalue weighted by Crippen LogP contribution is -2.44. The highest BCUT2D eigenvalue weighted by atomic mass is 32.1. The Hall–Kier alpha value is -1.79. The Balaban J connectivity index is 1.75. The van der Waals surface area contributed by atoms with Gasteiger partial charge in [0.2, 0.25) is 0 Å². The molecule has 0 saturated heterocycles. The monoisotopic (exact) mass is 308 g/mol. The van der Waals surface area contributed by atoms with Crippen LogP contribution in [0.1, 0.15) is 30.4 Å². The van der Waals surface area contributed by atoms with Gasteiger partial charge in [-0.25, -0.2) is 4.79 Å². The number of carbonyl (C=O) groups is 1. The zero-order chi connectivity index (χ0) is 15.3. The fraction of sp³-hybridized carbons (Fsp3) is 0.400. The van der Waals surface area contributed by atoms with E-state index in [9.17, 15) is 9.90 Å². The van der Waals surface area contributed by atoms with Crippen LogP contribution < -0.4 is 10.6 Å². The van der Waals surface area contributed by atoms with Crippen molar-refractivity contribution in [2.75, 3.05) is 13.1 Å². The summed E-state index contributed by atoms with van der Waals surface area (Å²) in [6.45, 7) is 4.29. The number of urea groups is 1. The SMILES string of the molecule is C[C@@H](CNC(=O)NC[C@@](C)(O)c1ccco1)c1cccs1. The van der Waals surface area contributed by atoms with E-state index >= 15 is 0 Å². The van der Waals surface area contributed by atoms with Gasteiger partial charge in [0.25, 0.3) is 0 Å². The van der Waals surface area contributed by atoms with Gasteiger partial charge in [-0.1, -0.05) is 13.0 Å². The van der Waals surface area contributed by atoms with Gasteiger partial charge in [0.15, 0.2) is 0 Å². The lowest BCUT2D eigenvalue weighted by molar-refractivity contribution is 0.0367. The molecule has 2 atom stereocenters. The molecule has 114 valence electrons. The molecule has 2 heterocycles. The Labute approximate surface area is 128 Å². The second-order valence-electron chi connectivity index (χ2n) is 5.23. The molecule has 0 aromatic carbocycles. The van der Waals surface area contributed by atoms with Gasteiger partial charge in [-0.05, 0) is 30.5 Å². The highest BCUT2D eigenvalue weighted by molar-refractivity contribution is 7.10. The molecule has 0 aliphatic heterocycles. The van der Waals surface area contributed by atoms with Crippen molar-refractivity contribution in [1.82, 2.24) is 10.6 Å².